The van der Waals surface area contributed by atoms with E-state index in [2.05, 4.69) is 17.6 Å². The van der Waals surface area contributed by atoms with Crippen LogP contribution in [0, 0.1) is 5.41 Å². The second kappa shape index (κ2) is 5.39. The van der Waals surface area contributed by atoms with Crippen molar-refractivity contribution in [1.29, 1.82) is 0 Å². The van der Waals surface area contributed by atoms with Crippen LogP contribution in [-0.4, -0.2) is 19.2 Å². The molecule has 1 fully saturated rings. The van der Waals surface area contributed by atoms with Gasteiger partial charge in [0.1, 0.15) is 16.9 Å². The first-order valence-electron chi connectivity index (χ1n) is 8.98. The number of nitrogens with zero attached hydrogens (tertiary/aromatic N) is 1. The van der Waals surface area contributed by atoms with Crippen molar-refractivity contribution in [2.45, 2.75) is 20.1 Å². The number of hydrazine groups is 1. The van der Waals surface area contributed by atoms with Crippen LogP contribution in [0.5, 0.6) is 11.5 Å². The Hall–Kier alpha value is -3.21. The van der Waals surface area contributed by atoms with Gasteiger partial charge in [0.2, 0.25) is 12.1 Å². The van der Waals surface area contributed by atoms with E-state index in [1.54, 1.807) is 7.11 Å². The molecule has 0 radical (unpaired) electrons. The second-order valence-electron chi connectivity index (χ2n) is 7.55. The first-order chi connectivity index (χ1) is 13.0. The van der Waals surface area contributed by atoms with Crippen molar-refractivity contribution in [2.75, 3.05) is 12.1 Å². The van der Waals surface area contributed by atoms with Crippen LogP contribution in [0.3, 0.4) is 0 Å². The van der Waals surface area contributed by atoms with Gasteiger partial charge < -0.3 is 9.47 Å². The number of fused-ring (bicyclic) bond motifs is 7. The van der Waals surface area contributed by atoms with E-state index in [-0.39, 0.29) is 5.91 Å². The quantitative estimate of drug-likeness (QED) is 0.709. The molecule has 1 unspecified atom stereocenters. The Balaban J connectivity index is 1.85. The van der Waals surface area contributed by atoms with Crippen LogP contribution >= 0.6 is 0 Å². The minimum atomic E-state index is -0.682. The molecule has 1 atom stereocenters. The average molecular weight is 360 g/mol. The molecule has 2 heterocycles. The van der Waals surface area contributed by atoms with E-state index in [4.69, 9.17) is 9.47 Å². The summed E-state index contributed by atoms with van der Waals surface area (Å²) in [6, 6.07) is 18.1. The molecule has 1 saturated heterocycles. The summed E-state index contributed by atoms with van der Waals surface area (Å²) in [5, 5.41) is 4.02. The molecule has 0 aliphatic carbocycles. The van der Waals surface area contributed by atoms with Gasteiger partial charge in [0, 0.05) is 11.1 Å². The predicted molar refractivity (Wildman–Crippen MR) is 105 cm³/mol. The summed E-state index contributed by atoms with van der Waals surface area (Å²) in [5.74, 6) is 1.51. The van der Waals surface area contributed by atoms with Gasteiger partial charge in [-0.1, -0.05) is 30.3 Å². The highest BCUT2D eigenvalue weighted by Crippen LogP contribution is 2.48. The van der Waals surface area contributed by atoms with Gasteiger partial charge in [0.15, 0.2) is 0 Å². The summed E-state index contributed by atoms with van der Waals surface area (Å²) in [6.07, 6.45) is -0.435. The fourth-order valence-electron chi connectivity index (χ4n) is 3.93. The lowest BCUT2D eigenvalue weighted by Crippen LogP contribution is -2.43. The number of carbonyl (C=O) groups is 1. The normalized spacial score (nSPS) is 19.4. The number of methoxy groups -OCH3 is 1. The molecule has 0 bridgehead atoms. The number of rotatable bonds is 1. The topological polar surface area (TPSA) is 50.8 Å². The van der Waals surface area contributed by atoms with Gasteiger partial charge in [-0.25, -0.2) is 5.01 Å². The van der Waals surface area contributed by atoms with Gasteiger partial charge in [-0.3, -0.25) is 10.2 Å². The molecular weight excluding hydrogens is 340 g/mol. The van der Waals surface area contributed by atoms with Gasteiger partial charge in [-0.15, -0.1) is 0 Å². The van der Waals surface area contributed by atoms with Gasteiger partial charge in [0.05, 0.1) is 12.8 Å². The SMILES string of the molecule is COc1ccc2ccc3c(c2c1)-c1ccccc1N1NC(=O)C(C)(C)C1O3. The molecule has 2 aliphatic rings. The summed E-state index contributed by atoms with van der Waals surface area (Å²) in [7, 11) is 1.67. The van der Waals surface area contributed by atoms with Crippen LogP contribution < -0.4 is 19.9 Å². The number of para-hydroxylation sites is 1. The number of amides is 1. The molecule has 0 spiro atoms. The highest BCUT2D eigenvalue weighted by molar-refractivity contribution is 6.04. The number of carbonyl (C=O) groups excluding carboxylic acids is 1. The minimum absolute atomic E-state index is 0.0480. The molecule has 1 N–H and O–H groups in total. The maximum atomic E-state index is 12.5. The van der Waals surface area contributed by atoms with Crippen molar-refractivity contribution >= 4 is 22.4 Å². The van der Waals surface area contributed by atoms with Crippen LogP contribution in [0.15, 0.2) is 54.6 Å². The van der Waals surface area contributed by atoms with Crippen molar-refractivity contribution in [2.24, 2.45) is 5.41 Å². The lowest BCUT2D eigenvalue weighted by molar-refractivity contribution is -0.128. The molecule has 5 rings (SSSR count). The number of benzene rings is 3. The zero-order valence-corrected chi connectivity index (χ0v) is 15.4. The number of nitrogens with one attached hydrogen (secondary N) is 1. The Morgan fingerprint density at radius 1 is 1.11 bits per heavy atom. The molecule has 136 valence electrons. The van der Waals surface area contributed by atoms with Crippen LogP contribution in [0.1, 0.15) is 13.8 Å². The molecule has 1 amide bonds. The lowest BCUT2D eigenvalue weighted by Gasteiger charge is -2.29. The number of hydrogen-bond donors (Lipinski definition) is 1. The Kier molecular flexibility index (Phi) is 3.20. The summed E-state index contributed by atoms with van der Waals surface area (Å²) in [6.45, 7) is 3.81. The van der Waals surface area contributed by atoms with Crippen molar-refractivity contribution in [3.8, 4) is 22.6 Å². The zero-order chi connectivity index (χ0) is 18.8. The molecule has 5 nitrogen and oxygen atoms in total. The highest BCUT2D eigenvalue weighted by Gasteiger charge is 2.51. The maximum Gasteiger partial charge on any atom is 0.250 e. The molecule has 2 aliphatic heterocycles. The van der Waals surface area contributed by atoms with E-state index in [1.165, 1.54) is 0 Å². The number of anilines is 1. The summed E-state index contributed by atoms with van der Waals surface area (Å²) in [5.41, 5.74) is 5.27. The molecule has 27 heavy (non-hydrogen) atoms. The second-order valence-corrected chi connectivity index (χ2v) is 7.55. The van der Waals surface area contributed by atoms with Crippen LogP contribution in [0.25, 0.3) is 21.9 Å². The van der Waals surface area contributed by atoms with Gasteiger partial charge in [-0.2, -0.15) is 0 Å². The Bertz CT molecular complexity index is 1090. The molecular formula is C22H20N2O3. The fourth-order valence-corrected chi connectivity index (χ4v) is 3.93. The van der Waals surface area contributed by atoms with Crippen LogP contribution in [-0.2, 0) is 4.79 Å². The van der Waals surface area contributed by atoms with Crippen molar-refractivity contribution in [1.82, 2.24) is 5.43 Å². The molecule has 3 aromatic rings. The molecule has 0 saturated carbocycles. The maximum absolute atomic E-state index is 12.5. The lowest BCUT2D eigenvalue weighted by atomic mass is 9.91. The summed E-state index contributed by atoms with van der Waals surface area (Å²) < 4.78 is 11.9. The van der Waals surface area contributed by atoms with E-state index in [0.717, 1.165) is 39.1 Å². The van der Waals surface area contributed by atoms with Crippen LogP contribution in [0.4, 0.5) is 5.69 Å². The first-order valence-corrected chi connectivity index (χ1v) is 8.98. The smallest absolute Gasteiger partial charge is 0.250 e. The predicted octanol–water partition coefficient (Wildman–Crippen LogP) is 4.11. The highest BCUT2D eigenvalue weighted by atomic mass is 16.5. The van der Waals surface area contributed by atoms with Crippen molar-refractivity contribution in [3.05, 3.63) is 54.6 Å². The van der Waals surface area contributed by atoms with E-state index in [0.29, 0.717) is 0 Å². The monoisotopic (exact) mass is 360 g/mol. The first kappa shape index (κ1) is 16.0. The Morgan fingerprint density at radius 3 is 2.70 bits per heavy atom. The van der Waals surface area contributed by atoms with E-state index >= 15 is 0 Å². The largest absolute Gasteiger partial charge is 0.497 e. The summed E-state index contributed by atoms with van der Waals surface area (Å²) in [4.78, 5) is 12.5. The molecule has 3 aromatic carbocycles. The van der Waals surface area contributed by atoms with Crippen molar-refractivity contribution < 1.29 is 14.3 Å². The molecule has 5 heteroatoms. The Labute approximate surface area is 157 Å². The minimum Gasteiger partial charge on any atom is -0.497 e. The van der Waals surface area contributed by atoms with E-state index in [1.807, 2.05) is 61.3 Å². The average Bonchev–Trinajstić information content (AvgIpc) is 2.82. The van der Waals surface area contributed by atoms with Crippen LogP contribution in [0.2, 0.25) is 0 Å². The standard InChI is InChI=1S/C22H20N2O3/c1-22(2)20(25)23-24-17-7-5-4-6-15(17)19-16-12-14(26-3)10-8-13(16)9-11-18(19)27-21(22)24/h4-12,21H,1-3H3,(H,23,25). The van der Waals surface area contributed by atoms with Gasteiger partial charge >= 0.3 is 0 Å². The number of hydrogen-bond acceptors (Lipinski definition) is 4. The third-order valence-electron chi connectivity index (χ3n) is 5.52. The van der Waals surface area contributed by atoms with E-state index in [9.17, 15) is 4.79 Å². The summed E-state index contributed by atoms with van der Waals surface area (Å²) >= 11 is 0. The van der Waals surface area contributed by atoms with E-state index < -0.39 is 11.6 Å². The van der Waals surface area contributed by atoms with Gasteiger partial charge in [0.25, 0.3) is 0 Å². The van der Waals surface area contributed by atoms with Gasteiger partial charge in [-0.05, 0) is 48.9 Å². The third-order valence-corrected chi connectivity index (χ3v) is 5.52. The zero-order valence-electron chi connectivity index (χ0n) is 15.4. The fraction of sp³-hybridized carbons (Fsp3) is 0.227. The molecule has 0 aromatic heterocycles. The Morgan fingerprint density at radius 2 is 1.89 bits per heavy atom. The number of ether oxygens (including phenoxy) is 2. The third kappa shape index (κ3) is 2.14. The van der Waals surface area contributed by atoms with Crippen molar-refractivity contribution in [3.63, 3.8) is 0 Å².